The molecule has 264 valence electrons. The van der Waals surface area contributed by atoms with Crippen LogP contribution in [-0.2, 0) is 16.7 Å². The van der Waals surface area contributed by atoms with E-state index >= 15 is 0 Å². The summed E-state index contributed by atoms with van der Waals surface area (Å²) < 4.78 is 41.3. The maximum atomic E-state index is 13.2. The summed E-state index contributed by atoms with van der Waals surface area (Å²) in [6, 6.07) is 17.4. The molecule has 0 saturated heterocycles. The summed E-state index contributed by atoms with van der Waals surface area (Å²) in [7, 11) is 0. The summed E-state index contributed by atoms with van der Waals surface area (Å²) >= 11 is -1.80. The molecule has 0 aliphatic heterocycles. The van der Waals surface area contributed by atoms with Crippen molar-refractivity contribution in [2.75, 3.05) is 26.4 Å². The molecule has 2 heterocycles. The van der Waals surface area contributed by atoms with E-state index in [1.165, 1.54) is 25.7 Å². The molecular formula is C37H55N5O5S. The Morgan fingerprint density at radius 1 is 0.875 bits per heavy atom. The molecule has 2 atom stereocenters. The fourth-order valence-corrected chi connectivity index (χ4v) is 6.63. The third kappa shape index (κ3) is 11.8. The van der Waals surface area contributed by atoms with Crippen LogP contribution < -0.4 is 23.1 Å². The highest BCUT2D eigenvalue weighted by Gasteiger charge is 2.28. The summed E-state index contributed by atoms with van der Waals surface area (Å²) in [5.74, 6) is 2.96. The number of hydrogen-bond acceptors (Lipinski definition) is 7. The van der Waals surface area contributed by atoms with E-state index in [0.717, 1.165) is 30.6 Å². The predicted molar refractivity (Wildman–Crippen MR) is 192 cm³/mol. The summed E-state index contributed by atoms with van der Waals surface area (Å²) in [6.07, 6.45) is 8.08. The van der Waals surface area contributed by atoms with Crippen molar-refractivity contribution in [2.45, 2.75) is 105 Å². The minimum Gasteiger partial charge on any atom is -0.490 e. The van der Waals surface area contributed by atoms with Gasteiger partial charge >= 0.3 is 0 Å². The third-order valence-electron chi connectivity index (χ3n) is 8.06. The van der Waals surface area contributed by atoms with Crippen LogP contribution in [0.3, 0.4) is 0 Å². The molecule has 0 amide bonds. The Morgan fingerprint density at radius 3 is 2.33 bits per heavy atom. The number of rotatable bonds is 21. The lowest BCUT2D eigenvalue weighted by molar-refractivity contribution is 0.211. The highest BCUT2D eigenvalue weighted by atomic mass is 32.2. The van der Waals surface area contributed by atoms with Crippen LogP contribution in [0.4, 0.5) is 0 Å². The van der Waals surface area contributed by atoms with Gasteiger partial charge in [-0.25, -0.2) is 9.71 Å². The van der Waals surface area contributed by atoms with Gasteiger partial charge in [0.2, 0.25) is 5.88 Å². The van der Waals surface area contributed by atoms with Crippen molar-refractivity contribution in [1.29, 1.82) is 0 Å². The molecule has 2 N–H and O–H groups in total. The molecule has 2 aromatic carbocycles. The van der Waals surface area contributed by atoms with E-state index in [4.69, 9.17) is 18.4 Å². The first-order valence-electron chi connectivity index (χ1n) is 17.3. The molecule has 0 aliphatic rings. The van der Waals surface area contributed by atoms with Crippen LogP contribution in [0.5, 0.6) is 23.1 Å². The van der Waals surface area contributed by atoms with Crippen LogP contribution in [0, 0.1) is 5.41 Å². The first kappa shape index (κ1) is 37.3. The number of nitrogens with zero attached hydrogens (tertiary/aromatic N) is 3. The van der Waals surface area contributed by atoms with E-state index in [-0.39, 0.29) is 16.7 Å². The van der Waals surface area contributed by atoms with Gasteiger partial charge < -0.3 is 18.4 Å². The van der Waals surface area contributed by atoms with Crippen LogP contribution in [0.1, 0.15) is 111 Å². The summed E-state index contributed by atoms with van der Waals surface area (Å²) in [5.41, 5.74) is 1.80. The van der Waals surface area contributed by atoms with Gasteiger partial charge in [-0.15, -0.1) is 5.10 Å². The summed E-state index contributed by atoms with van der Waals surface area (Å²) in [6.45, 7) is 17.2. The maximum Gasteiger partial charge on any atom is 0.288 e. The number of nitrogens with one attached hydrogen (secondary N) is 2. The second-order valence-electron chi connectivity index (χ2n) is 14.3. The van der Waals surface area contributed by atoms with E-state index in [1.807, 2.05) is 49.4 Å². The number of aromatic nitrogens is 4. The molecule has 2 aromatic heterocycles. The number of ether oxygens (including phenoxy) is 3. The highest BCUT2D eigenvalue weighted by molar-refractivity contribution is 7.78. The summed E-state index contributed by atoms with van der Waals surface area (Å²) in [5, 5.41) is 7.61. The normalized spacial score (nSPS) is 13.4. The smallest absolute Gasteiger partial charge is 0.288 e. The number of unbranched alkanes of at least 4 members (excludes halogenated alkanes) is 5. The molecule has 0 aliphatic carbocycles. The monoisotopic (exact) mass is 681 g/mol. The van der Waals surface area contributed by atoms with Crippen molar-refractivity contribution in [3.63, 3.8) is 0 Å². The first-order valence-corrected chi connectivity index (χ1v) is 18.4. The molecule has 0 spiro atoms. The van der Waals surface area contributed by atoms with Gasteiger partial charge in [-0.3, -0.25) is 5.10 Å². The van der Waals surface area contributed by atoms with E-state index in [2.05, 4.69) is 67.5 Å². The zero-order valence-corrected chi connectivity index (χ0v) is 30.7. The van der Waals surface area contributed by atoms with Gasteiger partial charge in [-0.05, 0) is 53.5 Å². The molecule has 0 radical (unpaired) electrons. The Morgan fingerprint density at radius 2 is 1.60 bits per heavy atom. The molecule has 0 saturated carbocycles. The first-order chi connectivity index (χ1) is 22.9. The molecule has 11 heteroatoms. The largest absolute Gasteiger partial charge is 0.490 e. The number of fused-ring (bicyclic) bond motifs is 1. The van der Waals surface area contributed by atoms with Crippen LogP contribution >= 0.6 is 0 Å². The number of H-pyrrole nitrogens is 1. The van der Waals surface area contributed by atoms with Crippen molar-refractivity contribution in [3.05, 3.63) is 66.0 Å². The number of benzene rings is 2. The molecule has 0 fully saturated rings. The van der Waals surface area contributed by atoms with Gasteiger partial charge in [0, 0.05) is 18.5 Å². The second kappa shape index (κ2) is 17.7. The van der Waals surface area contributed by atoms with Crippen molar-refractivity contribution in [2.24, 2.45) is 5.41 Å². The Kier molecular flexibility index (Phi) is 13.8. The number of aromatic amines is 1. The summed E-state index contributed by atoms with van der Waals surface area (Å²) in [4.78, 5) is 4.65. The predicted octanol–water partition coefficient (Wildman–Crippen LogP) is 8.32. The average molecular weight is 682 g/mol. The molecular weight excluding hydrogens is 627 g/mol. The second-order valence-corrected chi connectivity index (χ2v) is 15.3. The van der Waals surface area contributed by atoms with Gasteiger partial charge in [-0.2, -0.15) is 8.84 Å². The fourth-order valence-electron chi connectivity index (χ4n) is 5.89. The molecule has 4 aromatic rings. The lowest BCUT2D eigenvalue weighted by atomic mass is 9.72. The lowest BCUT2D eigenvalue weighted by Gasteiger charge is -2.33. The topological polar surface area (TPSA) is 112 Å². The highest BCUT2D eigenvalue weighted by Crippen LogP contribution is 2.40. The van der Waals surface area contributed by atoms with Gasteiger partial charge in [0.05, 0.1) is 6.61 Å². The Bertz CT molecular complexity index is 1530. The van der Waals surface area contributed by atoms with Crippen molar-refractivity contribution >= 4 is 16.9 Å². The maximum absolute atomic E-state index is 13.2. The molecule has 0 bridgehead atoms. The number of hydrogen-bond donors (Lipinski definition) is 2. The SMILES string of the molecule is CCCCCCCCOc1ccc(C(C)(C)CC(C)(C)C)cc1OS(=O)NCC(C)c1nc2cc(OCCOc3ccccc3)nn2[nH]1. The zero-order chi connectivity index (χ0) is 34.6. The minimum absolute atomic E-state index is 0.0941. The van der Waals surface area contributed by atoms with Crippen molar-refractivity contribution in [3.8, 4) is 23.1 Å². The third-order valence-corrected chi connectivity index (χ3v) is 8.79. The average Bonchev–Trinajstić information content (AvgIpc) is 3.61. The van der Waals surface area contributed by atoms with E-state index < -0.39 is 11.3 Å². The van der Waals surface area contributed by atoms with Gasteiger partial charge in [0.15, 0.2) is 17.1 Å². The van der Waals surface area contributed by atoms with Gasteiger partial charge in [-0.1, -0.05) is 105 Å². The van der Waals surface area contributed by atoms with E-state index in [1.54, 1.807) is 10.7 Å². The molecule has 4 rings (SSSR count). The standard InChI is InChI=1S/C37H55N5O5S/c1-8-9-10-11-12-16-21-45-31-20-19-29(37(6,7)27-36(3,4)5)24-32(31)47-48(43)38-26-28(2)35-39-33-25-34(40-42(33)41-35)46-23-22-44-30-17-14-13-15-18-30/h13-15,17-20,24-25,28,38H,8-12,16,21-23,26-27H2,1-7H3,(H,39,41). The van der Waals surface area contributed by atoms with E-state index in [0.29, 0.717) is 55.2 Å². The van der Waals surface area contributed by atoms with Gasteiger partial charge in [0.25, 0.3) is 11.3 Å². The Labute approximate surface area is 289 Å². The van der Waals surface area contributed by atoms with Gasteiger partial charge in [0.1, 0.15) is 24.8 Å². The van der Waals surface area contributed by atoms with Crippen LogP contribution in [0.2, 0.25) is 0 Å². The van der Waals surface area contributed by atoms with Crippen molar-refractivity contribution in [1.82, 2.24) is 24.5 Å². The Hall–Kier alpha value is -3.57. The van der Waals surface area contributed by atoms with Crippen LogP contribution in [0.25, 0.3) is 5.65 Å². The lowest BCUT2D eigenvalue weighted by Crippen LogP contribution is -2.27. The molecule has 10 nitrogen and oxygen atoms in total. The Balaban J connectivity index is 1.31. The van der Waals surface area contributed by atoms with Crippen LogP contribution in [-0.4, -0.2) is 50.4 Å². The van der Waals surface area contributed by atoms with E-state index in [9.17, 15) is 4.21 Å². The van der Waals surface area contributed by atoms with Crippen LogP contribution in [0.15, 0.2) is 54.6 Å². The fraction of sp³-hybridized carbons (Fsp3) is 0.568. The minimum atomic E-state index is -1.80. The molecule has 2 unspecified atom stereocenters. The quantitative estimate of drug-likeness (QED) is 0.0851. The number of para-hydroxylation sites is 1. The zero-order valence-electron chi connectivity index (χ0n) is 29.8. The molecule has 48 heavy (non-hydrogen) atoms. The van der Waals surface area contributed by atoms with Crippen molar-refractivity contribution < 1.29 is 22.6 Å².